The van der Waals surface area contributed by atoms with E-state index in [1.165, 1.54) is 0 Å². The van der Waals surface area contributed by atoms with Crippen molar-refractivity contribution in [2.75, 3.05) is 0 Å². The van der Waals surface area contributed by atoms with Gasteiger partial charge in [0.05, 0.1) is 16.6 Å². The molecule has 0 aliphatic rings. The average molecular weight is 304 g/mol. The molecule has 2 aromatic carbocycles. The number of aliphatic carboxylic acids is 1. The first kappa shape index (κ1) is 15.3. The number of carboxylic acids is 1. The van der Waals surface area contributed by atoms with Crippen LogP contribution >= 0.6 is 0 Å². The zero-order valence-corrected chi connectivity index (χ0v) is 12.4. The summed E-state index contributed by atoms with van der Waals surface area (Å²) in [6.45, 7) is 1.55. The minimum Gasteiger partial charge on any atom is -0.481 e. The highest BCUT2D eigenvalue weighted by Gasteiger charge is 2.21. The number of hydrogen-bond donors (Lipinski definition) is 1. The van der Waals surface area contributed by atoms with Crippen LogP contribution in [0.4, 0.5) is 0 Å². The van der Waals surface area contributed by atoms with Crippen LogP contribution in [0.1, 0.15) is 24.0 Å². The number of carbonyl (C=O) groups is 1. The van der Waals surface area contributed by atoms with Gasteiger partial charge in [-0.1, -0.05) is 42.5 Å². The van der Waals surface area contributed by atoms with Crippen molar-refractivity contribution in [3.8, 4) is 0 Å². The van der Waals surface area contributed by atoms with Gasteiger partial charge in [0, 0.05) is 0 Å². The van der Waals surface area contributed by atoms with E-state index in [4.69, 9.17) is 5.11 Å². The Bertz CT molecular complexity index is 736. The van der Waals surface area contributed by atoms with Crippen LogP contribution in [0.25, 0.3) is 0 Å². The zero-order valence-electron chi connectivity index (χ0n) is 11.6. The molecule has 21 heavy (non-hydrogen) atoms. The highest BCUT2D eigenvalue weighted by Crippen LogP contribution is 2.24. The Kier molecular flexibility index (Phi) is 4.43. The quantitative estimate of drug-likeness (QED) is 0.922. The second-order valence-electron chi connectivity index (χ2n) is 4.83. The number of hydrogen-bond acceptors (Lipinski definition) is 3. The van der Waals surface area contributed by atoms with Gasteiger partial charge in [0.1, 0.15) is 0 Å². The number of carboxylic acid groups (broad SMARTS) is 1. The summed E-state index contributed by atoms with van der Waals surface area (Å²) >= 11 is 0. The van der Waals surface area contributed by atoms with Gasteiger partial charge in [-0.3, -0.25) is 4.79 Å². The molecule has 0 aliphatic carbocycles. The van der Waals surface area contributed by atoms with E-state index in [0.29, 0.717) is 11.1 Å². The topological polar surface area (TPSA) is 71.4 Å². The van der Waals surface area contributed by atoms with Gasteiger partial charge in [0.15, 0.2) is 9.84 Å². The Morgan fingerprint density at radius 2 is 1.62 bits per heavy atom. The molecule has 2 aromatic rings. The molecule has 0 heterocycles. The fourth-order valence-corrected chi connectivity index (χ4v) is 3.55. The van der Waals surface area contributed by atoms with Crippen LogP contribution in [-0.2, 0) is 20.4 Å². The van der Waals surface area contributed by atoms with Gasteiger partial charge in [-0.15, -0.1) is 0 Å². The Morgan fingerprint density at radius 3 is 2.24 bits per heavy atom. The van der Waals surface area contributed by atoms with Crippen LogP contribution in [0.2, 0.25) is 0 Å². The van der Waals surface area contributed by atoms with Crippen molar-refractivity contribution in [1.82, 2.24) is 0 Å². The monoisotopic (exact) mass is 304 g/mol. The third kappa shape index (κ3) is 3.49. The van der Waals surface area contributed by atoms with Crippen LogP contribution in [0.3, 0.4) is 0 Å². The van der Waals surface area contributed by atoms with Gasteiger partial charge in [-0.05, 0) is 30.2 Å². The molecule has 0 saturated carbocycles. The van der Waals surface area contributed by atoms with E-state index >= 15 is 0 Å². The minimum atomic E-state index is -3.49. The molecule has 0 aromatic heterocycles. The molecular formula is C16H16O4S. The normalized spacial score (nSPS) is 12.8. The lowest BCUT2D eigenvalue weighted by Gasteiger charge is -2.13. The molecule has 0 aliphatic heterocycles. The van der Waals surface area contributed by atoms with Crippen molar-refractivity contribution in [1.29, 1.82) is 0 Å². The van der Waals surface area contributed by atoms with Crippen molar-refractivity contribution in [2.24, 2.45) is 0 Å². The van der Waals surface area contributed by atoms with E-state index in [-0.39, 0.29) is 10.6 Å². The van der Waals surface area contributed by atoms with Crippen LogP contribution < -0.4 is 0 Å². The highest BCUT2D eigenvalue weighted by molar-refractivity contribution is 7.90. The maximum absolute atomic E-state index is 12.4. The van der Waals surface area contributed by atoms with Crippen LogP contribution in [0, 0.1) is 0 Å². The fraction of sp³-hybridized carbons (Fsp3) is 0.188. The molecule has 1 atom stereocenters. The molecule has 1 N–H and O–H groups in total. The van der Waals surface area contributed by atoms with E-state index in [9.17, 15) is 13.2 Å². The predicted molar refractivity (Wildman–Crippen MR) is 79.8 cm³/mol. The molecule has 0 saturated heterocycles. The summed E-state index contributed by atoms with van der Waals surface area (Å²) in [5.41, 5.74) is 1.06. The first-order valence-electron chi connectivity index (χ1n) is 6.50. The average Bonchev–Trinajstić information content (AvgIpc) is 2.47. The van der Waals surface area contributed by atoms with E-state index in [1.54, 1.807) is 61.5 Å². The lowest BCUT2D eigenvalue weighted by molar-refractivity contribution is -0.138. The molecular weight excluding hydrogens is 288 g/mol. The van der Waals surface area contributed by atoms with Crippen molar-refractivity contribution >= 4 is 15.8 Å². The Morgan fingerprint density at radius 1 is 1.05 bits per heavy atom. The third-order valence-electron chi connectivity index (χ3n) is 3.34. The van der Waals surface area contributed by atoms with Gasteiger partial charge in [-0.25, -0.2) is 8.42 Å². The van der Waals surface area contributed by atoms with Gasteiger partial charge < -0.3 is 5.11 Å². The standard InChI is InChI=1S/C16H16O4S/c1-12(16(17)18)15-10-6-5-7-13(15)11-21(19,20)14-8-3-2-4-9-14/h2-10,12H,11H2,1H3,(H,17,18)/t12-/m1/s1. The lowest BCUT2D eigenvalue weighted by atomic mass is 9.97. The summed E-state index contributed by atoms with van der Waals surface area (Å²) in [5, 5.41) is 9.13. The predicted octanol–water partition coefficient (Wildman–Crippen LogP) is 2.85. The van der Waals surface area contributed by atoms with Gasteiger partial charge >= 0.3 is 5.97 Å². The zero-order chi connectivity index (χ0) is 15.5. The molecule has 0 fully saturated rings. The SMILES string of the molecule is C[C@@H](C(=O)O)c1ccccc1CS(=O)(=O)c1ccccc1. The molecule has 5 heteroatoms. The summed E-state index contributed by atoms with van der Waals surface area (Å²) in [7, 11) is -3.49. The highest BCUT2D eigenvalue weighted by atomic mass is 32.2. The van der Waals surface area contributed by atoms with Crippen LogP contribution in [0.5, 0.6) is 0 Å². The lowest BCUT2D eigenvalue weighted by Crippen LogP contribution is -2.13. The Balaban J connectivity index is 2.39. The third-order valence-corrected chi connectivity index (χ3v) is 5.02. The molecule has 0 bridgehead atoms. The fourth-order valence-electron chi connectivity index (χ4n) is 2.14. The summed E-state index contributed by atoms with van der Waals surface area (Å²) in [6.07, 6.45) is 0. The van der Waals surface area contributed by atoms with Crippen LogP contribution in [0.15, 0.2) is 59.5 Å². The second-order valence-corrected chi connectivity index (χ2v) is 6.82. The maximum Gasteiger partial charge on any atom is 0.310 e. The molecule has 0 unspecified atom stereocenters. The Labute approximate surface area is 124 Å². The smallest absolute Gasteiger partial charge is 0.310 e. The molecule has 4 nitrogen and oxygen atoms in total. The first-order valence-corrected chi connectivity index (χ1v) is 8.15. The van der Waals surface area contributed by atoms with E-state index < -0.39 is 21.7 Å². The molecule has 0 spiro atoms. The number of sulfone groups is 1. The van der Waals surface area contributed by atoms with Gasteiger partial charge in [-0.2, -0.15) is 0 Å². The van der Waals surface area contributed by atoms with Crippen molar-refractivity contribution < 1.29 is 18.3 Å². The van der Waals surface area contributed by atoms with E-state index in [1.807, 2.05) is 0 Å². The molecule has 2 rings (SSSR count). The molecule has 0 amide bonds. The van der Waals surface area contributed by atoms with Crippen molar-refractivity contribution in [2.45, 2.75) is 23.5 Å². The first-order chi connectivity index (χ1) is 9.92. The Hall–Kier alpha value is -2.14. The van der Waals surface area contributed by atoms with Crippen molar-refractivity contribution in [3.63, 3.8) is 0 Å². The largest absolute Gasteiger partial charge is 0.481 e. The van der Waals surface area contributed by atoms with Gasteiger partial charge in [0.25, 0.3) is 0 Å². The summed E-state index contributed by atoms with van der Waals surface area (Å²) in [6, 6.07) is 14.9. The molecule has 0 radical (unpaired) electrons. The van der Waals surface area contributed by atoms with E-state index in [0.717, 1.165) is 0 Å². The van der Waals surface area contributed by atoms with E-state index in [2.05, 4.69) is 0 Å². The summed E-state index contributed by atoms with van der Waals surface area (Å²) < 4.78 is 24.8. The summed E-state index contributed by atoms with van der Waals surface area (Å²) in [5.74, 6) is -1.92. The summed E-state index contributed by atoms with van der Waals surface area (Å²) in [4.78, 5) is 11.4. The minimum absolute atomic E-state index is 0.204. The number of rotatable bonds is 5. The molecule has 110 valence electrons. The second kappa shape index (κ2) is 6.10. The maximum atomic E-state index is 12.4. The van der Waals surface area contributed by atoms with Crippen molar-refractivity contribution in [3.05, 3.63) is 65.7 Å². The van der Waals surface area contributed by atoms with Gasteiger partial charge in [0.2, 0.25) is 0 Å². The number of benzene rings is 2. The van der Waals surface area contributed by atoms with Crippen LogP contribution in [-0.4, -0.2) is 19.5 Å².